The average Bonchev–Trinajstić information content (AvgIpc) is 3.52. The number of nitrogens with zero attached hydrogens (tertiary/aromatic N) is 2. The lowest BCUT2D eigenvalue weighted by atomic mass is 9.83. The summed E-state index contributed by atoms with van der Waals surface area (Å²) in [5.41, 5.74) is 11.3. The molecule has 0 saturated carbocycles. The topological polar surface area (TPSA) is 49.8 Å². The molecule has 0 aliphatic carbocycles. The van der Waals surface area contributed by atoms with Gasteiger partial charge < -0.3 is 4.42 Å². The van der Waals surface area contributed by atoms with E-state index in [9.17, 15) is 5.26 Å². The molecule has 0 fully saturated rings. The van der Waals surface area contributed by atoms with E-state index in [-0.39, 0.29) is 17.4 Å². The Balaban J connectivity index is 1.53. The normalized spacial score (nSPS) is 13.1. The van der Waals surface area contributed by atoms with Crippen LogP contribution in [0, 0.1) is 18.2 Å². The number of furan rings is 1. The number of hydrogen-bond acceptors (Lipinski definition) is 3. The molecule has 0 radical (unpaired) electrons. The first-order valence-corrected chi connectivity index (χ1v) is 20.9. The van der Waals surface area contributed by atoms with Crippen LogP contribution in [0.25, 0.3) is 66.6 Å². The van der Waals surface area contributed by atoms with Crippen molar-refractivity contribution in [3.8, 4) is 50.7 Å². The Labute approximate surface area is 301 Å². The number of fused-ring (bicyclic) bond motifs is 3. The third-order valence-corrected chi connectivity index (χ3v) is 11.9. The van der Waals surface area contributed by atoms with E-state index in [1.807, 2.05) is 36.4 Å². The zero-order chi connectivity index (χ0) is 37.8. The smallest absolute Gasteiger partial charge is 0.144 e. The lowest BCUT2D eigenvalue weighted by molar-refractivity contribution is 0.671. The zero-order valence-electron chi connectivity index (χ0n) is 32.8. The van der Waals surface area contributed by atoms with Crippen LogP contribution in [0.3, 0.4) is 0 Å². The molecule has 2 heterocycles. The van der Waals surface area contributed by atoms with Gasteiger partial charge in [0.2, 0.25) is 0 Å². The SMILES string of the molecule is [2H]C([2H])([2H])c1cnc(-c2ccc([Si](C)(C)C)c3c2oc2c(-c4ccc(-c5ccccc5)cc4)c(C#N)ccc23)cc1-c1c(C(C)C)cccc1C(C)C. The zero-order valence-corrected chi connectivity index (χ0v) is 30.8. The predicted molar refractivity (Wildman–Crippen MR) is 214 cm³/mol. The van der Waals surface area contributed by atoms with Crippen molar-refractivity contribution in [2.75, 3.05) is 0 Å². The first-order valence-electron chi connectivity index (χ1n) is 18.9. The van der Waals surface area contributed by atoms with Crippen molar-refractivity contribution in [2.45, 2.75) is 66.0 Å². The maximum atomic E-state index is 10.4. The number of nitriles is 1. The fourth-order valence-electron chi connectivity index (χ4n) is 7.28. The van der Waals surface area contributed by atoms with Gasteiger partial charge in [-0.1, -0.05) is 126 Å². The van der Waals surface area contributed by atoms with Gasteiger partial charge >= 0.3 is 0 Å². The molecule has 7 rings (SSSR count). The molecule has 0 aliphatic heterocycles. The molecule has 0 N–H and O–H groups in total. The van der Waals surface area contributed by atoms with Crippen LogP contribution < -0.4 is 5.19 Å². The molecule has 0 spiro atoms. The van der Waals surface area contributed by atoms with Crippen molar-refractivity contribution in [1.29, 1.82) is 5.26 Å². The van der Waals surface area contributed by atoms with Crippen LogP contribution in [0.15, 0.2) is 114 Å². The van der Waals surface area contributed by atoms with Crippen LogP contribution in [0.2, 0.25) is 19.6 Å². The summed E-state index contributed by atoms with van der Waals surface area (Å²) >= 11 is 0. The first-order chi connectivity index (χ1) is 25.2. The van der Waals surface area contributed by atoms with Crippen LogP contribution >= 0.6 is 0 Å². The minimum atomic E-state index is -2.37. The van der Waals surface area contributed by atoms with Gasteiger partial charge in [0.1, 0.15) is 11.2 Å². The second-order valence-corrected chi connectivity index (χ2v) is 19.9. The number of benzene rings is 5. The standard InChI is InChI=1S/C46H44N2OSi/c1-28(2)35-15-12-16-36(29(3)4)43(35)39-25-40(48-27-30(39)5)37-23-24-41(50(6,7)8)44-38-22-21-34(26-47)42(46(38)49-45(37)44)33-19-17-32(18-20-33)31-13-10-9-11-14-31/h9-25,27-29H,1-8H3/i5D3. The highest BCUT2D eigenvalue weighted by molar-refractivity contribution is 6.90. The predicted octanol–water partition coefficient (Wildman–Crippen LogP) is 12.6. The van der Waals surface area contributed by atoms with Crippen molar-refractivity contribution < 1.29 is 8.53 Å². The highest BCUT2D eigenvalue weighted by Crippen LogP contribution is 2.43. The fraction of sp³-hybridized carbons (Fsp3) is 0.217. The summed E-state index contributed by atoms with van der Waals surface area (Å²) in [4.78, 5) is 4.85. The molecule has 7 aromatic rings. The van der Waals surface area contributed by atoms with Crippen molar-refractivity contribution >= 4 is 35.2 Å². The molecular formula is C46H44N2OSi. The lowest BCUT2D eigenvalue weighted by Gasteiger charge is -2.22. The molecule has 0 bridgehead atoms. The largest absolute Gasteiger partial charge is 0.455 e. The minimum absolute atomic E-state index is 0.178. The monoisotopic (exact) mass is 671 g/mol. The van der Waals surface area contributed by atoms with E-state index in [0.717, 1.165) is 55.3 Å². The Kier molecular flexibility index (Phi) is 7.65. The Morgan fingerprint density at radius 2 is 1.36 bits per heavy atom. The average molecular weight is 672 g/mol. The first kappa shape index (κ1) is 29.7. The van der Waals surface area contributed by atoms with Crippen molar-refractivity contribution in [3.05, 3.63) is 132 Å². The number of aromatic nitrogens is 1. The van der Waals surface area contributed by atoms with Gasteiger partial charge in [-0.3, -0.25) is 4.98 Å². The van der Waals surface area contributed by atoms with Crippen molar-refractivity contribution in [1.82, 2.24) is 4.98 Å². The van der Waals surface area contributed by atoms with Crippen LogP contribution in [0.4, 0.5) is 0 Å². The number of rotatable bonds is 7. The molecule has 5 aromatic carbocycles. The summed E-state index contributed by atoms with van der Waals surface area (Å²) in [6.45, 7) is 13.2. The summed E-state index contributed by atoms with van der Waals surface area (Å²) in [6, 6.07) is 37.4. The molecule has 3 nitrogen and oxygen atoms in total. The van der Waals surface area contributed by atoms with Crippen LogP contribution in [-0.2, 0) is 0 Å². The molecular weight excluding hydrogens is 625 g/mol. The fourth-order valence-corrected chi connectivity index (χ4v) is 8.86. The molecule has 248 valence electrons. The summed E-state index contributed by atoms with van der Waals surface area (Å²) < 4.78 is 32.7. The molecule has 0 aliphatic rings. The molecule has 4 heteroatoms. The van der Waals surface area contributed by atoms with Crippen molar-refractivity contribution in [3.63, 3.8) is 0 Å². The van der Waals surface area contributed by atoms with Gasteiger partial charge in [0.05, 0.1) is 25.4 Å². The quantitative estimate of drug-likeness (QED) is 0.158. The van der Waals surface area contributed by atoms with Gasteiger partial charge in [-0.25, -0.2) is 0 Å². The lowest BCUT2D eigenvalue weighted by Crippen LogP contribution is -2.37. The third-order valence-electron chi connectivity index (χ3n) is 9.82. The molecule has 0 unspecified atom stereocenters. The van der Waals surface area contributed by atoms with Gasteiger partial charge in [0.15, 0.2) is 0 Å². The Morgan fingerprint density at radius 1 is 0.700 bits per heavy atom. The number of hydrogen-bond donors (Lipinski definition) is 0. The van der Waals surface area contributed by atoms with Crippen LogP contribution in [-0.4, -0.2) is 13.1 Å². The van der Waals surface area contributed by atoms with E-state index >= 15 is 0 Å². The van der Waals surface area contributed by atoms with E-state index in [0.29, 0.717) is 28.0 Å². The summed E-state index contributed by atoms with van der Waals surface area (Å²) in [5.74, 6) is 0.356. The minimum Gasteiger partial charge on any atom is -0.455 e. The third kappa shape index (κ3) is 5.76. The Bertz CT molecular complexity index is 2510. The summed E-state index contributed by atoms with van der Waals surface area (Å²) in [6.07, 6.45) is 1.54. The van der Waals surface area contributed by atoms with E-state index in [4.69, 9.17) is 13.5 Å². The number of aryl methyl sites for hydroxylation is 1. The van der Waals surface area contributed by atoms with Gasteiger partial charge in [0.25, 0.3) is 0 Å². The van der Waals surface area contributed by atoms with Gasteiger partial charge in [-0.2, -0.15) is 5.26 Å². The van der Waals surface area contributed by atoms with E-state index in [1.54, 1.807) is 0 Å². The highest BCUT2D eigenvalue weighted by atomic mass is 28.3. The Hall–Kier alpha value is -5.24. The molecule has 0 saturated heterocycles. The van der Waals surface area contributed by atoms with E-state index in [2.05, 4.69) is 120 Å². The molecule has 0 amide bonds. The second kappa shape index (κ2) is 12.9. The molecule has 0 atom stereocenters. The maximum Gasteiger partial charge on any atom is 0.144 e. The number of pyridine rings is 1. The summed E-state index contributed by atoms with van der Waals surface area (Å²) in [5, 5.41) is 13.6. The molecule has 50 heavy (non-hydrogen) atoms. The Morgan fingerprint density at radius 3 is 1.98 bits per heavy atom. The van der Waals surface area contributed by atoms with Crippen molar-refractivity contribution in [2.24, 2.45) is 0 Å². The maximum absolute atomic E-state index is 10.4. The molecule has 2 aromatic heterocycles. The van der Waals surface area contributed by atoms with Crippen LogP contribution in [0.5, 0.6) is 0 Å². The highest BCUT2D eigenvalue weighted by Gasteiger charge is 2.27. The van der Waals surface area contributed by atoms with Gasteiger partial charge in [-0.05, 0) is 92.6 Å². The second-order valence-electron chi connectivity index (χ2n) is 14.9. The van der Waals surface area contributed by atoms with Gasteiger partial charge in [0, 0.05) is 32.2 Å². The van der Waals surface area contributed by atoms with E-state index in [1.165, 1.54) is 11.4 Å². The summed E-state index contributed by atoms with van der Waals surface area (Å²) in [7, 11) is -1.92. The van der Waals surface area contributed by atoms with Gasteiger partial charge in [-0.15, -0.1) is 0 Å². The van der Waals surface area contributed by atoms with E-state index < -0.39 is 14.9 Å². The van der Waals surface area contributed by atoms with Crippen LogP contribution in [0.1, 0.15) is 65.9 Å².